The van der Waals surface area contributed by atoms with Crippen molar-refractivity contribution in [2.45, 2.75) is 0 Å². The number of hydrogen-bond donors (Lipinski definition) is 1. The van der Waals surface area contributed by atoms with Crippen LogP contribution < -0.4 is 5.32 Å². The molecule has 0 aliphatic heterocycles. The molecule has 0 aromatic carbocycles. The Morgan fingerprint density at radius 2 is 2.13 bits per heavy atom. The van der Waals surface area contributed by atoms with E-state index in [2.05, 4.69) is 31.2 Å². The van der Waals surface area contributed by atoms with Crippen LogP contribution in [0.4, 0.5) is 5.69 Å². The molecule has 2 aromatic rings. The molecule has 2 rings (SSSR count). The van der Waals surface area contributed by atoms with E-state index in [1.807, 2.05) is 11.4 Å². The topological polar surface area (TPSA) is 54.9 Å². The van der Waals surface area contributed by atoms with Crippen LogP contribution in [0.25, 0.3) is 0 Å². The first-order valence-corrected chi connectivity index (χ1v) is 5.74. The third-order valence-corrected chi connectivity index (χ3v) is 3.48. The minimum Gasteiger partial charge on any atom is -0.319 e. The number of nitrogens with one attached hydrogen (secondary N) is 1. The van der Waals surface area contributed by atoms with Gasteiger partial charge in [0, 0.05) is 4.47 Å². The Kier molecular flexibility index (Phi) is 3.08. The molecule has 0 atom stereocenters. The summed E-state index contributed by atoms with van der Waals surface area (Å²) in [6.45, 7) is 0. The van der Waals surface area contributed by atoms with Gasteiger partial charge >= 0.3 is 0 Å². The number of amides is 1. The highest BCUT2D eigenvalue weighted by atomic mass is 79.9. The van der Waals surface area contributed by atoms with Gasteiger partial charge in [0.1, 0.15) is 11.2 Å². The fraction of sp³-hybridized carbons (Fsp3) is 0. The zero-order valence-corrected chi connectivity index (χ0v) is 9.88. The number of thiophene rings is 1. The molecule has 1 amide bonds. The second-order valence-corrected chi connectivity index (χ2v) is 4.45. The molecule has 0 radical (unpaired) electrons. The maximum Gasteiger partial charge on any atom is 0.266 e. The molecule has 0 saturated carbocycles. The smallest absolute Gasteiger partial charge is 0.266 e. The van der Waals surface area contributed by atoms with E-state index in [4.69, 9.17) is 0 Å². The summed E-state index contributed by atoms with van der Waals surface area (Å²) in [6, 6.07) is 1.83. The van der Waals surface area contributed by atoms with E-state index in [1.165, 1.54) is 17.7 Å². The van der Waals surface area contributed by atoms with Gasteiger partial charge in [-0.25, -0.2) is 9.97 Å². The average Bonchev–Trinajstić information content (AvgIpc) is 2.66. The first kappa shape index (κ1) is 10.3. The van der Waals surface area contributed by atoms with Gasteiger partial charge in [0.2, 0.25) is 0 Å². The maximum absolute atomic E-state index is 11.7. The highest BCUT2D eigenvalue weighted by Gasteiger charge is 2.11. The fourth-order valence-corrected chi connectivity index (χ4v) is 2.45. The fourth-order valence-electron chi connectivity index (χ4n) is 1.01. The first-order chi connectivity index (χ1) is 7.27. The summed E-state index contributed by atoms with van der Waals surface area (Å²) < 4.78 is 0.793. The second kappa shape index (κ2) is 4.50. The van der Waals surface area contributed by atoms with Crippen LogP contribution in [0.3, 0.4) is 0 Å². The van der Waals surface area contributed by atoms with Gasteiger partial charge in [-0.3, -0.25) is 4.79 Å². The molecule has 0 saturated heterocycles. The molecule has 2 heterocycles. The molecule has 0 unspecified atom stereocenters. The minimum absolute atomic E-state index is 0.160. The predicted octanol–water partition coefficient (Wildman–Crippen LogP) is 2.55. The molecule has 0 aliphatic rings. The predicted molar refractivity (Wildman–Crippen MR) is 62.0 cm³/mol. The van der Waals surface area contributed by atoms with E-state index >= 15 is 0 Å². The van der Waals surface area contributed by atoms with E-state index in [0.29, 0.717) is 10.6 Å². The SMILES string of the molecule is O=C(Nc1cncnc1)c1sccc1Br. The van der Waals surface area contributed by atoms with Crippen molar-refractivity contribution >= 4 is 38.9 Å². The molecule has 0 fully saturated rings. The summed E-state index contributed by atoms with van der Waals surface area (Å²) >= 11 is 4.68. The Bertz CT molecular complexity index is 471. The van der Waals surface area contributed by atoms with E-state index in [1.54, 1.807) is 12.4 Å². The van der Waals surface area contributed by atoms with Gasteiger partial charge in [-0.05, 0) is 27.4 Å². The monoisotopic (exact) mass is 283 g/mol. The average molecular weight is 284 g/mol. The summed E-state index contributed by atoms with van der Waals surface area (Å²) in [4.78, 5) is 20.0. The van der Waals surface area contributed by atoms with Gasteiger partial charge in [-0.1, -0.05) is 0 Å². The molecular weight excluding hydrogens is 278 g/mol. The number of aromatic nitrogens is 2. The van der Waals surface area contributed by atoms with Crippen LogP contribution in [0.15, 0.2) is 34.6 Å². The second-order valence-electron chi connectivity index (χ2n) is 2.68. The van der Waals surface area contributed by atoms with Crippen molar-refractivity contribution in [1.82, 2.24) is 9.97 Å². The van der Waals surface area contributed by atoms with E-state index < -0.39 is 0 Å². The molecule has 0 aliphatic carbocycles. The zero-order valence-electron chi connectivity index (χ0n) is 7.48. The Morgan fingerprint density at radius 3 is 2.73 bits per heavy atom. The van der Waals surface area contributed by atoms with E-state index in [0.717, 1.165) is 4.47 Å². The minimum atomic E-state index is -0.160. The molecule has 1 N–H and O–H groups in total. The Hall–Kier alpha value is -1.27. The van der Waals surface area contributed by atoms with Gasteiger partial charge in [0.25, 0.3) is 5.91 Å². The van der Waals surface area contributed by atoms with Crippen LogP contribution in [0.2, 0.25) is 0 Å². The molecule has 15 heavy (non-hydrogen) atoms. The van der Waals surface area contributed by atoms with Gasteiger partial charge in [0.05, 0.1) is 18.1 Å². The highest BCUT2D eigenvalue weighted by Crippen LogP contribution is 2.23. The van der Waals surface area contributed by atoms with Gasteiger partial charge < -0.3 is 5.32 Å². The summed E-state index contributed by atoms with van der Waals surface area (Å²) in [6.07, 6.45) is 4.51. The van der Waals surface area contributed by atoms with Crippen LogP contribution in [-0.4, -0.2) is 15.9 Å². The van der Waals surface area contributed by atoms with Crippen molar-refractivity contribution in [2.75, 3.05) is 5.32 Å². The van der Waals surface area contributed by atoms with Crippen molar-refractivity contribution in [2.24, 2.45) is 0 Å². The van der Waals surface area contributed by atoms with Crippen LogP contribution in [0.5, 0.6) is 0 Å². The van der Waals surface area contributed by atoms with Crippen molar-refractivity contribution in [3.05, 3.63) is 39.5 Å². The lowest BCUT2D eigenvalue weighted by molar-refractivity contribution is 0.103. The molecule has 2 aromatic heterocycles. The summed E-state index contributed by atoms with van der Waals surface area (Å²) in [5, 5.41) is 4.55. The van der Waals surface area contributed by atoms with E-state index in [-0.39, 0.29) is 5.91 Å². The number of rotatable bonds is 2. The first-order valence-electron chi connectivity index (χ1n) is 4.07. The Labute approximate surface area is 98.5 Å². The molecule has 4 nitrogen and oxygen atoms in total. The molecule has 0 bridgehead atoms. The zero-order chi connectivity index (χ0) is 10.7. The van der Waals surface area contributed by atoms with E-state index in [9.17, 15) is 4.79 Å². The normalized spacial score (nSPS) is 9.93. The maximum atomic E-state index is 11.7. The third kappa shape index (κ3) is 2.40. The van der Waals surface area contributed by atoms with Gasteiger partial charge in [0.15, 0.2) is 0 Å². The largest absolute Gasteiger partial charge is 0.319 e. The Morgan fingerprint density at radius 1 is 1.40 bits per heavy atom. The quantitative estimate of drug-likeness (QED) is 0.922. The number of nitrogens with zero attached hydrogens (tertiary/aromatic N) is 2. The van der Waals surface area contributed by atoms with Crippen LogP contribution >= 0.6 is 27.3 Å². The van der Waals surface area contributed by atoms with Crippen LogP contribution in [-0.2, 0) is 0 Å². The van der Waals surface area contributed by atoms with Crippen LogP contribution in [0.1, 0.15) is 9.67 Å². The third-order valence-electron chi connectivity index (χ3n) is 1.64. The lowest BCUT2D eigenvalue weighted by atomic mass is 10.4. The molecular formula is C9H6BrN3OS. The number of hydrogen-bond acceptors (Lipinski definition) is 4. The molecule has 0 spiro atoms. The number of carbonyl (C=O) groups is 1. The summed E-state index contributed by atoms with van der Waals surface area (Å²) in [7, 11) is 0. The van der Waals surface area contributed by atoms with Gasteiger partial charge in [-0.15, -0.1) is 11.3 Å². The highest BCUT2D eigenvalue weighted by molar-refractivity contribution is 9.10. The van der Waals surface area contributed by atoms with Crippen LogP contribution in [0, 0.1) is 0 Å². The van der Waals surface area contributed by atoms with Crippen molar-refractivity contribution in [3.8, 4) is 0 Å². The van der Waals surface area contributed by atoms with Crippen molar-refractivity contribution in [1.29, 1.82) is 0 Å². The number of halogens is 1. The molecule has 76 valence electrons. The Balaban J connectivity index is 2.15. The molecule has 6 heteroatoms. The number of carbonyl (C=O) groups excluding carboxylic acids is 1. The summed E-state index contributed by atoms with van der Waals surface area (Å²) in [5.41, 5.74) is 0.586. The number of anilines is 1. The standard InChI is InChI=1S/C9H6BrN3OS/c10-7-1-2-15-8(7)9(14)13-6-3-11-5-12-4-6/h1-5H,(H,13,14). The van der Waals surface area contributed by atoms with Gasteiger partial charge in [-0.2, -0.15) is 0 Å². The lowest BCUT2D eigenvalue weighted by Crippen LogP contribution is -2.10. The lowest BCUT2D eigenvalue weighted by Gasteiger charge is -2.01. The summed E-state index contributed by atoms with van der Waals surface area (Å²) in [5.74, 6) is -0.160. The van der Waals surface area contributed by atoms with Crippen molar-refractivity contribution in [3.63, 3.8) is 0 Å². The van der Waals surface area contributed by atoms with Crippen molar-refractivity contribution < 1.29 is 4.79 Å².